The van der Waals surface area contributed by atoms with Gasteiger partial charge in [0.15, 0.2) is 0 Å². The Morgan fingerprint density at radius 3 is 2.94 bits per heavy atom. The van der Waals surface area contributed by atoms with E-state index < -0.39 is 0 Å². The van der Waals surface area contributed by atoms with Crippen molar-refractivity contribution in [2.24, 2.45) is 11.7 Å². The molecule has 0 bridgehead atoms. The monoisotopic (exact) mass is 219 g/mol. The number of aryl methyl sites for hydroxylation is 1. The van der Waals surface area contributed by atoms with Crippen LogP contribution in [0.2, 0.25) is 0 Å². The van der Waals surface area contributed by atoms with Crippen LogP contribution in [0.1, 0.15) is 24.6 Å². The Kier molecular flexibility index (Phi) is 3.56. The minimum Gasteiger partial charge on any atom is -0.328 e. The van der Waals surface area contributed by atoms with Crippen molar-refractivity contribution in [2.45, 2.75) is 32.9 Å². The first-order valence-corrected chi connectivity index (χ1v) is 6.04. The Labute approximate surface area is 97.7 Å². The van der Waals surface area contributed by atoms with Crippen LogP contribution in [0.15, 0.2) is 18.3 Å². The first kappa shape index (κ1) is 11.6. The summed E-state index contributed by atoms with van der Waals surface area (Å²) in [5.41, 5.74) is 8.32. The fourth-order valence-electron chi connectivity index (χ4n) is 2.29. The average molecular weight is 219 g/mol. The van der Waals surface area contributed by atoms with Gasteiger partial charge in [-0.25, -0.2) is 0 Å². The Hall–Kier alpha value is -0.930. The van der Waals surface area contributed by atoms with Gasteiger partial charge >= 0.3 is 0 Å². The van der Waals surface area contributed by atoms with Crippen LogP contribution in [-0.2, 0) is 6.54 Å². The van der Waals surface area contributed by atoms with Crippen molar-refractivity contribution in [1.29, 1.82) is 0 Å². The fourth-order valence-corrected chi connectivity index (χ4v) is 2.29. The summed E-state index contributed by atoms with van der Waals surface area (Å²) in [6, 6.07) is 4.57. The van der Waals surface area contributed by atoms with Gasteiger partial charge in [0.05, 0.1) is 0 Å². The van der Waals surface area contributed by atoms with Gasteiger partial charge in [-0.05, 0) is 44.4 Å². The predicted octanol–water partition coefficient (Wildman–Crippen LogP) is 1.56. The van der Waals surface area contributed by atoms with Gasteiger partial charge in [-0.2, -0.15) is 0 Å². The summed E-state index contributed by atoms with van der Waals surface area (Å²) < 4.78 is 0. The Bertz CT molecular complexity index is 332. The molecule has 2 N–H and O–H groups in total. The fraction of sp³-hybridized carbons (Fsp3) is 0.615. The number of nitrogens with two attached hydrogens (primary N) is 1. The molecule has 88 valence electrons. The van der Waals surface area contributed by atoms with E-state index >= 15 is 0 Å². The molecule has 1 aliphatic rings. The van der Waals surface area contributed by atoms with Crippen LogP contribution in [-0.4, -0.2) is 29.0 Å². The lowest BCUT2D eigenvalue weighted by Crippen LogP contribution is -2.29. The predicted molar refractivity (Wildman–Crippen MR) is 66.0 cm³/mol. The Morgan fingerprint density at radius 1 is 1.56 bits per heavy atom. The zero-order chi connectivity index (χ0) is 11.5. The van der Waals surface area contributed by atoms with Crippen molar-refractivity contribution in [3.63, 3.8) is 0 Å². The van der Waals surface area contributed by atoms with Crippen LogP contribution in [0.5, 0.6) is 0 Å². The molecule has 3 heteroatoms. The molecule has 1 saturated heterocycles. The van der Waals surface area contributed by atoms with Gasteiger partial charge in [0.2, 0.25) is 0 Å². The van der Waals surface area contributed by atoms with Crippen molar-refractivity contribution in [3.8, 4) is 0 Å². The summed E-state index contributed by atoms with van der Waals surface area (Å²) in [5, 5.41) is 0. The van der Waals surface area contributed by atoms with E-state index in [9.17, 15) is 0 Å². The number of aromatic nitrogens is 1. The topological polar surface area (TPSA) is 42.1 Å². The van der Waals surface area contributed by atoms with Gasteiger partial charge in [-0.3, -0.25) is 9.88 Å². The normalized spacial score (nSPS) is 23.6. The van der Waals surface area contributed by atoms with Crippen molar-refractivity contribution >= 4 is 0 Å². The molecule has 0 radical (unpaired) electrons. The summed E-state index contributed by atoms with van der Waals surface area (Å²) in [6.45, 7) is 7.44. The Morgan fingerprint density at radius 2 is 2.38 bits per heavy atom. The molecule has 2 unspecified atom stereocenters. The largest absolute Gasteiger partial charge is 0.328 e. The molecule has 0 aliphatic carbocycles. The smallest absolute Gasteiger partial charge is 0.0372 e. The van der Waals surface area contributed by atoms with Gasteiger partial charge in [-0.1, -0.05) is 6.07 Å². The van der Waals surface area contributed by atoms with E-state index in [0.717, 1.165) is 18.8 Å². The number of hydrogen-bond acceptors (Lipinski definition) is 3. The molecule has 2 atom stereocenters. The van der Waals surface area contributed by atoms with Crippen LogP contribution in [0.3, 0.4) is 0 Å². The first-order valence-electron chi connectivity index (χ1n) is 6.04. The van der Waals surface area contributed by atoms with Crippen LogP contribution in [0.4, 0.5) is 0 Å². The lowest BCUT2D eigenvalue weighted by Gasteiger charge is -2.17. The number of pyridine rings is 1. The van der Waals surface area contributed by atoms with E-state index in [1.165, 1.54) is 18.5 Å². The Balaban J connectivity index is 1.89. The van der Waals surface area contributed by atoms with E-state index in [4.69, 9.17) is 5.73 Å². The summed E-state index contributed by atoms with van der Waals surface area (Å²) in [4.78, 5) is 6.80. The molecular weight excluding hydrogens is 198 g/mol. The van der Waals surface area contributed by atoms with Crippen molar-refractivity contribution in [1.82, 2.24) is 9.88 Å². The van der Waals surface area contributed by atoms with Gasteiger partial charge in [0.25, 0.3) is 0 Å². The summed E-state index contributed by atoms with van der Waals surface area (Å²) in [5.74, 6) is 0.665. The zero-order valence-electron chi connectivity index (χ0n) is 10.2. The molecule has 0 spiro atoms. The minimum atomic E-state index is 0.321. The molecule has 0 aromatic carbocycles. The SMILES string of the molecule is Cc1ccc(CN2CCC(C(C)N)C2)cn1. The third kappa shape index (κ3) is 2.80. The summed E-state index contributed by atoms with van der Waals surface area (Å²) in [6.07, 6.45) is 3.21. The van der Waals surface area contributed by atoms with Crippen LogP contribution >= 0.6 is 0 Å². The number of hydrogen-bond donors (Lipinski definition) is 1. The molecule has 0 saturated carbocycles. The molecule has 16 heavy (non-hydrogen) atoms. The highest BCUT2D eigenvalue weighted by Crippen LogP contribution is 2.20. The van der Waals surface area contributed by atoms with Gasteiger partial charge in [0, 0.05) is 31.0 Å². The molecule has 2 rings (SSSR count). The number of rotatable bonds is 3. The average Bonchev–Trinajstić information content (AvgIpc) is 2.70. The summed E-state index contributed by atoms with van der Waals surface area (Å²) >= 11 is 0. The highest BCUT2D eigenvalue weighted by atomic mass is 15.1. The maximum atomic E-state index is 5.93. The van der Waals surface area contributed by atoms with Crippen LogP contribution < -0.4 is 5.73 Å². The maximum Gasteiger partial charge on any atom is 0.0372 e. The van der Waals surface area contributed by atoms with Crippen molar-refractivity contribution < 1.29 is 0 Å². The molecule has 1 aromatic rings. The second kappa shape index (κ2) is 4.93. The standard InChI is InChI=1S/C13H21N3/c1-10-3-4-12(7-15-10)8-16-6-5-13(9-16)11(2)14/h3-4,7,11,13H,5-6,8-9,14H2,1-2H3. The number of nitrogens with zero attached hydrogens (tertiary/aromatic N) is 2. The van der Waals surface area contributed by atoms with Crippen LogP contribution in [0.25, 0.3) is 0 Å². The van der Waals surface area contributed by atoms with E-state index in [2.05, 4.69) is 28.9 Å². The van der Waals surface area contributed by atoms with Gasteiger partial charge in [-0.15, -0.1) is 0 Å². The second-order valence-electron chi connectivity index (χ2n) is 4.95. The third-order valence-electron chi connectivity index (χ3n) is 3.43. The lowest BCUT2D eigenvalue weighted by molar-refractivity contribution is 0.308. The molecule has 2 heterocycles. The minimum absolute atomic E-state index is 0.321. The quantitative estimate of drug-likeness (QED) is 0.839. The highest BCUT2D eigenvalue weighted by molar-refractivity contribution is 5.13. The molecule has 0 amide bonds. The maximum absolute atomic E-state index is 5.93. The summed E-state index contributed by atoms with van der Waals surface area (Å²) in [7, 11) is 0. The molecule has 3 nitrogen and oxygen atoms in total. The van der Waals surface area contributed by atoms with Crippen LogP contribution in [0, 0.1) is 12.8 Å². The third-order valence-corrected chi connectivity index (χ3v) is 3.43. The molecule has 1 fully saturated rings. The van der Waals surface area contributed by atoms with Gasteiger partial charge in [0.1, 0.15) is 0 Å². The number of likely N-dealkylation sites (tertiary alicyclic amines) is 1. The van der Waals surface area contributed by atoms with E-state index in [1.807, 2.05) is 13.1 Å². The van der Waals surface area contributed by atoms with E-state index in [0.29, 0.717) is 12.0 Å². The zero-order valence-corrected chi connectivity index (χ0v) is 10.2. The lowest BCUT2D eigenvalue weighted by atomic mass is 10.0. The van der Waals surface area contributed by atoms with Crippen molar-refractivity contribution in [3.05, 3.63) is 29.6 Å². The van der Waals surface area contributed by atoms with Crippen molar-refractivity contribution in [2.75, 3.05) is 13.1 Å². The molecule has 1 aromatic heterocycles. The highest BCUT2D eigenvalue weighted by Gasteiger charge is 2.24. The molecular formula is C13H21N3. The second-order valence-corrected chi connectivity index (χ2v) is 4.95. The first-order chi connectivity index (χ1) is 7.65. The molecule has 1 aliphatic heterocycles. The van der Waals surface area contributed by atoms with E-state index in [1.54, 1.807) is 0 Å². The van der Waals surface area contributed by atoms with Gasteiger partial charge < -0.3 is 5.73 Å². The van der Waals surface area contributed by atoms with E-state index in [-0.39, 0.29) is 0 Å².